The largest absolute Gasteiger partial charge is 0.496 e. The molecule has 1 aliphatic rings. The first kappa shape index (κ1) is 18.9. The Bertz CT molecular complexity index is 1060. The number of pyridine rings is 1. The maximum Gasteiger partial charge on any atom is 0.276 e. The molecule has 0 unspecified atom stereocenters. The fourth-order valence-electron chi connectivity index (χ4n) is 2.83. The number of amides is 1. The van der Waals surface area contributed by atoms with Crippen molar-refractivity contribution in [2.24, 2.45) is 7.05 Å². The smallest absolute Gasteiger partial charge is 0.276 e. The highest BCUT2D eigenvalue weighted by Crippen LogP contribution is 2.34. The van der Waals surface area contributed by atoms with Crippen LogP contribution in [0.1, 0.15) is 23.3 Å². The SMILES string of the molecule is COc1cc(OC2CC2)ncc1-c1cc(C(=O)Nc2c(F)cccc2F)nn1C. The number of nitrogens with one attached hydrogen (secondary N) is 1. The van der Waals surface area contributed by atoms with Crippen LogP contribution in [0.25, 0.3) is 11.3 Å². The second kappa shape index (κ2) is 7.50. The van der Waals surface area contributed by atoms with E-state index in [0.717, 1.165) is 25.0 Å². The number of aromatic nitrogens is 3. The topological polar surface area (TPSA) is 78.3 Å². The number of benzene rings is 1. The summed E-state index contributed by atoms with van der Waals surface area (Å²) in [5.41, 5.74) is 0.615. The van der Waals surface area contributed by atoms with Crippen LogP contribution in [0.5, 0.6) is 11.6 Å². The summed E-state index contributed by atoms with van der Waals surface area (Å²) in [5.74, 6) is -1.51. The first-order valence-electron chi connectivity index (χ1n) is 8.96. The molecule has 3 aromatic rings. The highest BCUT2D eigenvalue weighted by Gasteiger charge is 2.25. The number of methoxy groups -OCH3 is 1. The Morgan fingerprint density at radius 1 is 1.24 bits per heavy atom. The van der Waals surface area contributed by atoms with Gasteiger partial charge in [-0.05, 0) is 31.0 Å². The van der Waals surface area contributed by atoms with Crippen LogP contribution in [0.3, 0.4) is 0 Å². The van der Waals surface area contributed by atoms with Crippen LogP contribution in [0.15, 0.2) is 36.5 Å². The van der Waals surface area contributed by atoms with E-state index in [4.69, 9.17) is 9.47 Å². The molecular weight excluding hydrogens is 382 g/mol. The minimum absolute atomic E-state index is 0.00878. The second-order valence-corrected chi connectivity index (χ2v) is 6.63. The van der Waals surface area contributed by atoms with Crippen LogP contribution >= 0.6 is 0 Å². The zero-order valence-electron chi connectivity index (χ0n) is 15.8. The van der Waals surface area contributed by atoms with Gasteiger partial charge >= 0.3 is 0 Å². The molecule has 2 aromatic heterocycles. The predicted molar refractivity (Wildman–Crippen MR) is 101 cm³/mol. The summed E-state index contributed by atoms with van der Waals surface area (Å²) < 4.78 is 40.2. The van der Waals surface area contributed by atoms with Crippen molar-refractivity contribution in [2.75, 3.05) is 12.4 Å². The molecule has 1 N–H and O–H groups in total. The Hall–Kier alpha value is -3.49. The third kappa shape index (κ3) is 3.89. The van der Waals surface area contributed by atoms with Crippen molar-refractivity contribution >= 4 is 11.6 Å². The van der Waals surface area contributed by atoms with Crippen molar-refractivity contribution in [3.63, 3.8) is 0 Å². The van der Waals surface area contributed by atoms with Crippen LogP contribution in [-0.4, -0.2) is 33.9 Å². The number of aryl methyl sites for hydroxylation is 1. The number of carbonyl (C=O) groups is 1. The Kier molecular flexibility index (Phi) is 4.87. The van der Waals surface area contributed by atoms with Gasteiger partial charge in [-0.15, -0.1) is 0 Å². The maximum absolute atomic E-state index is 13.8. The summed E-state index contributed by atoms with van der Waals surface area (Å²) in [6.45, 7) is 0. The van der Waals surface area contributed by atoms with E-state index in [0.29, 0.717) is 22.9 Å². The third-order valence-corrected chi connectivity index (χ3v) is 4.46. The number of ether oxygens (including phenoxy) is 2. The van der Waals surface area contributed by atoms with E-state index < -0.39 is 23.2 Å². The molecule has 0 bridgehead atoms. The van der Waals surface area contributed by atoms with Gasteiger partial charge in [-0.2, -0.15) is 5.10 Å². The van der Waals surface area contributed by atoms with Gasteiger partial charge in [0.1, 0.15) is 29.2 Å². The van der Waals surface area contributed by atoms with E-state index in [1.807, 2.05) is 0 Å². The zero-order valence-corrected chi connectivity index (χ0v) is 15.8. The summed E-state index contributed by atoms with van der Waals surface area (Å²) in [7, 11) is 3.16. The minimum Gasteiger partial charge on any atom is -0.496 e. The summed E-state index contributed by atoms with van der Waals surface area (Å²) >= 11 is 0. The van der Waals surface area contributed by atoms with Crippen molar-refractivity contribution in [1.82, 2.24) is 14.8 Å². The molecule has 1 amide bonds. The molecule has 0 spiro atoms. The molecule has 0 radical (unpaired) electrons. The number of rotatable bonds is 6. The lowest BCUT2D eigenvalue weighted by Gasteiger charge is -2.10. The molecule has 2 heterocycles. The molecule has 7 nitrogen and oxygen atoms in total. The molecule has 1 aromatic carbocycles. The third-order valence-electron chi connectivity index (χ3n) is 4.46. The predicted octanol–water partition coefficient (Wildman–Crippen LogP) is 3.56. The van der Waals surface area contributed by atoms with E-state index >= 15 is 0 Å². The molecule has 0 saturated heterocycles. The lowest BCUT2D eigenvalue weighted by molar-refractivity contribution is 0.102. The number of anilines is 1. The van der Waals surface area contributed by atoms with Gasteiger partial charge in [-0.25, -0.2) is 13.8 Å². The number of para-hydroxylation sites is 1. The highest BCUT2D eigenvalue weighted by atomic mass is 19.1. The molecule has 1 saturated carbocycles. The van der Waals surface area contributed by atoms with Gasteiger partial charge < -0.3 is 14.8 Å². The van der Waals surface area contributed by atoms with Crippen LogP contribution in [0.2, 0.25) is 0 Å². The van der Waals surface area contributed by atoms with Crippen molar-refractivity contribution < 1.29 is 23.0 Å². The van der Waals surface area contributed by atoms with E-state index in [-0.39, 0.29) is 11.8 Å². The Morgan fingerprint density at radius 2 is 1.97 bits per heavy atom. The van der Waals surface area contributed by atoms with E-state index in [9.17, 15) is 13.6 Å². The van der Waals surface area contributed by atoms with Gasteiger partial charge in [0.2, 0.25) is 5.88 Å². The molecule has 0 atom stereocenters. The average Bonchev–Trinajstić information content (AvgIpc) is 3.43. The van der Waals surface area contributed by atoms with Gasteiger partial charge in [0, 0.05) is 19.3 Å². The van der Waals surface area contributed by atoms with Crippen molar-refractivity contribution in [3.8, 4) is 22.9 Å². The molecule has 1 aliphatic carbocycles. The normalized spacial score (nSPS) is 13.2. The Balaban J connectivity index is 1.61. The average molecular weight is 400 g/mol. The van der Waals surface area contributed by atoms with Crippen molar-refractivity contribution in [1.29, 1.82) is 0 Å². The number of carbonyl (C=O) groups excluding carboxylic acids is 1. The van der Waals surface area contributed by atoms with E-state index in [2.05, 4.69) is 15.4 Å². The van der Waals surface area contributed by atoms with Crippen LogP contribution in [-0.2, 0) is 7.05 Å². The molecule has 29 heavy (non-hydrogen) atoms. The molecule has 4 rings (SSSR count). The standard InChI is InChI=1S/C20H18F2N4O3/c1-26-16(12-10-23-18(9-17(12)28-2)29-11-6-7-11)8-15(25-26)20(27)24-19-13(21)4-3-5-14(19)22/h3-5,8-11H,6-7H2,1-2H3,(H,24,27). The van der Waals surface area contributed by atoms with Gasteiger partial charge in [-0.1, -0.05) is 6.07 Å². The quantitative estimate of drug-likeness (QED) is 0.685. The monoisotopic (exact) mass is 400 g/mol. The summed E-state index contributed by atoms with van der Waals surface area (Å²) in [6.07, 6.45) is 3.79. The lowest BCUT2D eigenvalue weighted by atomic mass is 10.1. The lowest BCUT2D eigenvalue weighted by Crippen LogP contribution is -2.15. The minimum atomic E-state index is -0.869. The number of halogens is 2. The van der Waals surface area contributed by atoms with Crippen LogP contribution in [0.4, 0.5) is 14.5 Å². The molecule has 150 valence electrons. The first-order chi connectivity index (χ1) is 14.0. The maximum atomic E-state index is 13.8. The number of nitrogens with zero attached hydrogens (tertiary/aromatic N) is 3. The van der Waals surface area contributed by atoms with Crippen LogP contribution < -0.4 is 14.8 Å². The summed E-state index contributed by atoms with van der Waals surface area (Å²) in [4.78, 5) is 16.8. The first-order valence-corrected chi connectivity index (χ1v) is 8.96. The molecule has 0 aliphatic heterocycles. The van der Waals surface area contributed by atoms with E-state index in [1.54, 1.807) is 19.3 Å². The summed E-state index contributed by atoms with van der Waals surface area (Å²) in [5, 5.41) is 6.37. The van der Waals surface area contributed by atoms with Gasteiger partial charge in [0.05, 0.1) is 18.4 Å². The molecule has 1 fully saturated rings. The van der Waals surface area contributed by atoms with Gasteiger partial charge in [0.15, 0.2) is 5.69 Å². The fraction of sp³-hybridized carbons (Fsp3) is 0.250. The van der Waals surface area contributed by atoms with Gasteiger partial charge in [0.25, 0.3) is 5.91 Å². The number of hydrogen-bond donors (Lipinski definition) is 1. The van der Waals surface area contributed by atoms with Crippen molar-refractivity contribution in [3.05, 3.63) is 53.9 Å². The van der Waals surface area contributed by atoms with Gasteiger partial charge in [-0.3, -0.25) is 9.48 Å². The Labute approximate surface area is 165 Å². The van der Waals surface area contributed by atoms with E-state index in [1.165, 1.54) is 23.9 Å². The molecular formula is C20H18F2N4O3. The molecule has 9 heteroatoms. The summed E-state index contributed by atoms with van der Waals surface area (Å²) in [6, 6.07) is 6.51. The zero-order chi connectivity index (χ0) is 20.5. The number of hydrogen-bond acceptors (Lipinski definition) is 5. The second-order valence-electron chi connectivity index (χ2n) is 6.63. The fourth-order valence-corrected chi connectivity index (χ4v) is 2.83. The van der Waals surface area contributed by atoms with Crippen LogP contribution in [0, 0.1) is 11.6 Å². The Morgan fingerprint density at radius 3 is 2.62 bits per heavy atom. The highest BCUT2D eigenvalue weighted by molar-refractivity contribution is 6.03. The van der Waals surface area contributed by atoms with Crippen molar-refractivity contribution in [2.45, 2.75) is 18.9 Å².